The minimum absolute atomic E-state index is 0.00272. The van der Waals surface area contributed by atoms with Crippen molar-refractivity contribution in [3.63, 3.8) is 0 Å². The Balaban J connectivity index is 2.55. The Labute approximate surface area is 158 Å². The van der Waals surface area contributed by atoms with Crippen LogP contribution in [0.25, 0.3) is 0 Å². The minimum atomic E-state index is -5.11. The van der Waals surface area contributed by atoms with Crippen LogP contribution < -0.4 is 13.8 Å². The summed E-state index contributed by atoms with van der Waals surface area (Å²) in [5.74, 6) is -1.69. The van der Waals surface area contributed by atoms with Crippen LogP contribution >= 0.6 is 0 Å². The Hall–Kier alpha value is -3.02. The zero-order valence-corrected chi connectivity index (χ0v) is 15.7. The summed E-state index contributed by atoms with van der Waals surface area (Å²) in [5.41, 5.74) is -0.122. The summed E-state index contributed by atoms with van der Waals surface area (Å²) >= 11 is 0. The molecule has 0 aliphatic rings. The zero-order valence-electron chi connectivity index (χ0n) is 14.9. The van der Waals surface area contributed by atoms with Gasteiger partial charge in [-0.25, -0.2) is 13.2 Å². The normalized spacial score (nSPS) is 11.6. The molecule has 2 rings (SSSR count). The highest BCUT2D eigenvalue weighted by Crippen LogP contribution is 2.35. The maximum atomic E-state index is 12.9. The maximum absolute atomic E-state index is 12.9. The number of rotatable bonds is 6. The molecular formula is C16H15F3N2O6S. The zero-order chi connectivity index (χ0) is 21.1. The molecule has 0 bridgehead atoms. The Morgan fingerprint density at radius 3 is 2.39 bits per heavy atom. The molecule has 0 atom stereocenters. The van der Waals surface area contributed by atoms with E-state index in [0.717, 1.165) is 44.8 Å². The number of hydrogen-bond donors (Lipinski definition) is 0. The number of pyridine rings is 1. The lowest BCUT2D eigenvalue weighted by Gasteiger charge is -2.22. The second-order valence-electron chi connectivity index (χ2n) is 5.26. The van der Waals surface area contributed by atoms with E-state index in [2.05, 4.69) is 14.5 Å². The molecule has 1 aromatic heterocycles. The van der Waals surface area contributed by atoms with Crippen molar-refractivity contribution < 1.29 is 40.6 Å². The van der Waals surface area contributed by atoms with Gasteiger partial charge in [0.25, 0.3) is 10.0 Å². The Kier molecular flexibility index (Phi) is 6.02. The molecule has 12 heteroatoms. The van der Waals surface area contributed by atoms with Gasteiger partial charge in [-0.1, -0.05) is 0 Å². The standard InChI is InChI=1S/C16H15F3N2O6S/c1-21(11-6-10(8-20-9-11)15(22)26-3)28(23,24)14-7-12(25-2)4-5-13(14)27-16(17,18)19/h4-9H,1-3H3. The highest BCUT2D eigenvalue weighted by Gasteiger charge is 2.35. The van der Waals surface area contributed by atoms with Crippen LogP contribution in [0.4, 0.5) is 18.9 Å². The first-order chi connectivity index (χ1) is 13.0. The molecule has 8 nitrogen and oxygen atoms in total. The van der Waals surface area contributed by atoms with E-state index >= 15 is 0 Å². The first-order valence-electron chi connectivity index (χ1n) is 7.45. The van der Waals surface area contributed by atoms with Crippen molar-refractivity contribution in [1.82, 2.24) is 4.98 Å². The molecule has 0 unspecified atom stereocenters. The van der Waals surface area contributed by atoms with Gasteiger partial charge in [-0.05, 0) is 18.2 Å². The third kappa shape index (κ3) is 4.63. The van der Waals surface area contributed by atoms with Crippen LogP contribution in [0.2, 0.25) is 0 Å². The third-order valence-corrected chi connectivity index (χ3v) is 5.33. The molecule has 2 aromatic rings. The van der Waals surface area contributed by atoms with Gasteiger partial charge in [-0.2, -0.15) is 0 Å². The number of aromatic nitrogens is 1. The van der Waals surface area contributed by atoms with Crippen molar-refractivity contribution in [3.05, 3.63) is 42.2 Å². The molecule has 0 aliphatic heterocycles. The third-order valence-electron chi connectivity index (χ3n) is 3.52. The first-order valence-corrected chi connectivity index (χ1v) is 8.89. The lowest BCUT2D eigenvalue weighted by molar-refractivity contribution is -0.275. The van der Waals surface area contributed by atoms with Crippen molar-refractivity contribution >= 4 is 21.7 Å². The number of anilines is 1. The van der Waals surface area contributed by atoms with Crippen LogP contribution in [-0.2, 0) is 14.8 Å². The van der Waals surface area contributed by atoms with Crippen molar-refractivity contribution in [2.24, 2.45) is 0 Å². The van der Waals surface area contributed by atoms with E-state index in [1.165, 1.54) is 13.2 Å². The second-order valence-corrected chi connectivity index (χ2v) is 7.19. The summed E-state index contributed by atoms with van der Waals surface area (Å²) in [5, 5.41) is 0. The SMILES string of the molecule is COC(=O)c1cncc(N(C)S(=O)(=O)c2cc(OC)ccc2OC(F)(F)F)c1. The average molecular weight is 420 g/mol. The van der Waals surface area contributed by atoms with Crippen molar-refractivity contribution in [3.8, 4) is 11.5 Å². The number of carbonyl (C=O) groups is 1. The predicted molar refractivity (Wildman–Crippen MR) is 90.8 cm³/mol. The van der Waals surface area contributed by atoms with Crippen LogP contribution in [-0.4, -0.2) is 47.0 Å². The number of esters is 1. The molecular weight excluding hydrogens is 405 g/mol. The fourth-order valence-electron chi connectivity index (χ4n) is 2.14. The van der Waals surface area contributed by atoms with Gasteiger partial charge in [0.2, 0.25) is 0 Å². The van der Waals surface area contributed by atoms with E-state index in [-0.39, 0.29) is 17.0 Å². The Bertz CT molecular complexity index is 979. The van der Waals surface area contributed by atoms with Gasteiger partial charge in [0.1, 0.15) is 16.4 Å². The van der Waals surface area contributed by atoms with Gasteiger partial charge in [0.05, 0.1) is 31.7 Å². The fourth-order valence-corrected chi connectivity index (χ4v) is 3.44. The van der Waals surface area contributed by atoms with E-state index in [0.29, 0.717) is 4.31 Å². The average Bonchev–Trinajstić information content (AvgIpc) is 2.65. The minimum Gasteiger partial charge on any atom is -0.497 e. The fraction of sp³-hybridized carbons (Fsp3) is 0.250. The molecule has 0 N–H and O–H groups in total. The van der Waals surface area contributed by atoms with Crippen molar-refractivity contribution in [2.75, 3.05) is 25.6 Å². The van der Waals surface area contributed by atoms with Gasteiger partial charge in [-0.3, -0.25) is 9.29 Å². The molecule has 0 fully saturated rings. The predicted octanol–water partition coefficient (Wildman–Crippen LogP) is 2.60. The van der Waals surface area contributed by atoms with Crippen LogP contribution in [0.1, 0.15) is 10.4 Å². The lowest BCUT2D eigenvalue weighted by Crippen LogP contribution is -2.28. The van der Waals surface area contributed by atoms with E-state index in [4.69, 9.17) is 4.74 Å². The van der Waals surface area contributed by atoms with Gasteiger partial charge < -0.3 is 14.2 Å². The number of ether oxygens (including phenoxy) is 3. The van der Waals surface area contributed by atoms with Crippen LogP contribution in [0.3, 0.4) is 0 Å². The molecule has 1 aromatic carbocycles. The highest BCUT2D eigenvalue weighted by atomic mass is 32.2. The quantitative estimate of drug-likeness (QED) is 0.663. The number of halogens is 3. The molecule has 152 valence electrons. The van der Waals surface area contributed by atoms with Crippen LogP contribution in [0.15, 0.2) is 41.6 Å². The summed E-state index contributed by atoms with van der Waals surface area (Å²) in [6.45, 7) is 0. The van der Waals surface area contributed by atoms with Crippen molar-refractivity contribution in [1.29, 1.82) is 0 Å². The van der Waals surface area contributed by atoms with Gasteiger partial charge in [0.15, 0.2) is 0 Å². The smallest absolute Gasteiger partial charge is 0.497 e. The second kappa shape index (κ2) is 7.92. The van der Waals surface area contributed by atoms with Gasteiger partial charge in [0, 0.05) is 19.3 Å². The van der Waals surface area contributed by atoms with E-state index < -0.39 is 33.0 Å². The molecule has 0 aliphatic carbocycles. The number of sulfonamides is 1. The molecule has 0 saturated carbocycles. The first kappa shape index (κ1) is 21.3. The number of benzene rings is 1. The van der Waals surface area contributed by atoms with Crippen LogP contribution in [0, 0.1) is 0 Å². The monoisotopic (exact) mass is 420 g/mol. The maximum Gasteiger partial charge on any atom is 0.573 e. The number of methoxy groups -OCH3 is 2. The highest BCUT2D eigenvalue weighted by molar-refractivity contribution is 7.92. The van der Waals surface area contributed by atoms with E-state index in [1.54, 1.807) is 0 Å². The molecule has 0 spiro atoms. The van der Waals surface area contributed by atoms with Gasteiger partial charge in [-0.15, -0.1) is 13.2 Å². The summed E-state index contributed by atoms with van der Waals surface area (Å²) in [4.78, 5) is 14.6. The Morgan fingerprint density at radius 2 is 1.82 bits per heavy atom. The molecule has 0 amide bonds. The lowest BCUT2D eigenvalue weighted by atomic mass is 10.2. The van der Waals surface area contributed by atoms with E-state index in [9.17, 15) is 26.4 Å². The largest absolute Gasteiger partial charge is 0.573 e. The number of carbonyl (C=O) groups excluding carboxylic acids is 1. The summed E-state index contributed by atoms with van der Waals surface area (Å²) < 4.78 is 77.8. The van der Waals surface area contributed by atoms with Crippen LogP contribution in [0.5, 0.6) is 11.5 Å². The van der Waals surface area contributed by atoms with Gasteiger partial charge >= 0.3 is 12.3 Å². The summed E-state index contributed by atoms with van der Waals surface area (Å²) in [6.07, 6.45) is -2.84. The molecule has 0 saturated heterocycles. The topological polar surface area (TPSA) is 95.0 Å². The van der Waals surface area contributed by atoms with E-state index in [1.807, 2.05) is 0 Å². The molecule has 1 heterocycles. The number of alkyl halides is 3. The molecule has 28 heavy (non-hydrogen) atoms. The van der Waals surface area contributed by atoms with Crippen molar-refractivity contribution in [2.45, 2.75) is 11.3 Å². The number of nitrogens with zero attached hydrogens (tertiary/aromatic N) is 2. The Morgan fingerprint density at radius 1 is 1.14 bits per heavy atom. The summed E-state index contributed by atoms with van der Waals surface area (Å²) in [6, 6.07) is 4.01. The summed E-state index contributed by atoms with van der Waals surface area (Å²) in [7, 11) is -1.10. The molecule has 0 radical (unpaired) electrons. The number of hydrogen-bond acceptors (Lipinski definition) is 7.